The molecular weight excluding hydrogens is 254 g/mol. The molecular formula is C16H29NO3. The normalized spacial score (nSPS) is 18.6. The molecule has 0 heterocycles. The molecule has 1 aliphatic carbocycles. The molecule has 0 saturated heterocycles. The Morgan fingerprint density at radius 2 is 1.70 bits per heavy atom. The fourth-order valence-corrected chi connectivity index (χ4v) is 3.36. The summed E-state index contributed by atoms with van der Waals surface area (Å²) >= 11 is 0. The van der Waals surface area contributed by atoms with Gasteiger partial charge in [0.05, 0.1) is 0 Å². The van der Waals surface area contributed by atoms with E-state index in [1.165, 1.54) is 0 Å². The van der Waals surface area contributed by atoms with Crippen molar-refractivity contribution in [1.29, 1.82) is 0 Å². The molecule has 20 heavy (non-hydrogen) atoms. The van der Waals surface area contributed by atoms with Crippen molar-refractivity contribution >= 4 is 11.9 Å². The molecule has 0 aliphatic heterocycles. The molecule has 1 saturated carbocycles. The Balaban J connectivity index is 3.12. The van der Waals surface area contributed by atoms with Gasteiger partial charge < -0.3 is 10.0 Å². The molecule has 0 bridgehead atoms. The molecule has 1 fully saturated rings. The van der Waals surface area contributed by atoms with Gasteiger partial charge in [0.15, 0.2) is 0 Å². The highest BCUT2D eigenvalue weighted by Gasteiger charge is 2.50. The highest BCUT2D eigenvalue weighted by molar-refractivity contribution is 5.87. The minimum Gasteiger partial charge on any atom is -0.479 e. The second-order valence-electron chi connectivity index (χ2n) is 6.90. The van der Waals surface area contributed by atoms with E-state index in [1.807, 2.05) is 27.7 Å². The predicted molar refractivity (Wildman–Crippen MR) is 79.6 cm³/mol. The van der Waals surface area contributed by atoms with Crippen molar-refractivity contribution in [3.05, 3.63) is 0 Å². The SMILES string of the molecule is CCCCC(=O)N(C(C)(C)C)C1(C(=O)O)CCCCC1. The van der Waals surface area contributed by atoms with Gasteiger partial charge in [-0.25, -0.2) is 4.79 Å². The minimum atomic E-state index is -0.999. The molecule has 0 aromatic carbocycles. The van der Waals surface area contributed by atoms with Crippen LogP contribution in [0.3, 0.4) is 0 Å². The molecule has 4 heteroatoms. The first kappa shape index (κ1) is 17.0. The highest BCUT2D eigenvalue weighted by atomic mass is 16.4. The second-order valence-corrected chi connectivity index (χ2v) is 6.90. The van der Waals surface area contributed by atoms with E-state index >= 15 is 0 Å². The Morgan fingerprint density at radius 1 is 1.15 bits per heavy atom. The van der Waals surface area contributed by atoms with Crippen LogP contribution in [-0.4, -0.2) is 33.0 Å². The summed E-state index contributed by atoms with van der Waals surface area (Å²) in [7, 11) is 0. The maximum absolute atomic E-state index is 12.6. The van der Waals surface area contributed by atoms with Crippen molar-refractivity contribution in [2.75, 3.05) is 0 Å². The average molecular weight is 283 g/mol. The molecule has 0 aromatic heterocycles. The predicted octanol–water partition coefficient (Wildman–Crippen LogP) is 3.59. The Morgan fingerprint density at radius 3 is 2.10 bits per heavy atom. The minimum absolute atomic E-state index is 0.0105. The van der Waals surface area contributed by atoms with E-state index in [2.05, 4.69) is 0 Å². The number of carbonyl (C=O) groups is 2. The standard InChI is InChI=1S/C16H29NO3/c1-5-6-10-13(18)17(15(2,3)4)16(14(19)20)11-8-7-9-12-16/h5-12H2,1-4H3,(H,19,20). The lowest BCUT2D eigenvalue weighted by Gasteiger charge is -2.50. The van der Waals surface area contributed by atoms with Gasteiger partial charge in [0, 0.05) is 12.0 Å². The number of carbonyl (C=O) groups excluding carboxylic acids is 1. The topological polar surface area (TPSA) is 57.6 Å². The number of hydrogen-bond donors (Lipinski definition) is 1. The van der Waals surface area contributed by atoms with Gasteiger partial charge in [-0.1, -0.05) is 32.6 Å². The maximum Gasteiger partial charge on any atom is 0.329 e. The van der Waals surface area contributed by atoms with Crippen molar-refractivity contribution in [3.63, 3.8) is 0 Å². The summed E-state index contributed by atoms with van der Waals surface area (Å²) in [5, 5.41) is 9.80. The third-order valence-corrected chi connectivity index (χ3v) is 4.17. The zero-order chi connectivity index (χ0) is 15.4. The summed E-state index contributed by atoms with van der Waals surface area (Å²) in [4.78, 5) is 26.2. The number of aliphatic carboxylic acids is 1. The summed E-state index contributed by atoms with van der Waals surface area (Å²) in [6.07, 6.45) is 6.22. The van der Waals surface area contributed by atoms with Crippen LogP contribution in [-0.2, 0) is 9.59 Å². The maximum atomic E-state index is 12.6. The number of hydrogen-bond acceptors (Lipinski definition) is 2. The molecule has 1 amide bonds. The molecule has 1 aliphatic rings. The van der Waals surface area contributed by atoms with E-state index in [0.29, 0.717) is 19.3 Å². The first-order valence-electron chi connectivity index (χ1n) is 7.82. The smallest absolute Gasteiger partial charge is 0.329 e. The van der Waals surface area contributed by atoms with E-state index < -0.39 is 17.0 Å². The van der Waals surface area contributed by atoms with Gasteiger partial charge in [-0.05, 0) is 40.0 Å². The molecule has 1 rings (SSSR count). The molecule has 0 aromatic rings. The van der Waals surface area contributed by atoms with Crippen LogP contribution in [0.4, 0.5) is 0 Å². The van der Waals surface area contributed by atoms with Crippen LogP contribution in [0.5, 0.6) is 0 Å². The van der Waals surface area contributed by atoms with E-state index in [4.69, 9.17) is 0 Å². The molecule has 0 unspecified atom stereocenters. The van der Waals surface area contributed by atoms with E-state index in [-0.39, 0.29) is 5.91 Å². The molecule has 0 spiro atoms. The van der Waals surface area contributed by atoms with Crippen LogP contribution in [0.25, 0.3) is 0 Å². The molecule has 116 valence electrons. The summed E-state index contributed by atoms with van der Waals surface area (Å²) < 4.78 is 0. The number of rotatable bonds is 5. The first-order valence-corrected chi connectivity index (χ1v) is 7.82. The van der Waals surface area contributed by atoms with Crippen molar-refractivity contribution in [2.24, 2.45) is 0 Å². The zero-order valence-electron chi connectivity index (χ0n) is 13.4. The lowest BCUT2D eigenvalue weighted by Crippen LogP contribution is -2.64. The summed E-state index contributed by atoms with van der Waals surface area (Å²) in [6, 6.07) is 0. The number of carboxylic acid groups (broad SMARTS) is 1. The zero-order valence-corrected chi connectivity index (χ0v) is 13.4. The van der Waals surface area contributed by atoms with Crippen LogP contribution in [0.15, 0.2) is 0 Å². The van der Waals surface area contributed by atoms with Gasteiger partial charge in [0.25, 0.3) is 0 Å². The Hall–Kier alpha value is -1.06. The van der Waals surface area contributed by atoms with Crippen LogP contribution in [0.2, 0.25) is 0 Å². The number of unbranched alkanes of at least 4 members (excludes halogenated alkanes) is 1. The average Bonchev–Trinajstić information content (AvgIpc) is 2.35. The molecule has 0 radical (unpaired) electrons. The third kappa shape index (κ3) is 3.53. The van der Waals surface area contributed by atoms with Gasteiger partial charge >= 0.3 is 5.97 Å². The molecule has 0 atom stereocenters. The lowest BCUT2D eigenvalue weighted by atomic mass is 9.77. The number of carboxylic acids is 1. The van der Waals surface area contributed by atoms with E-state index in [0.717, 1.165) is 32.1 Å². The summed E-state index contributed by atoms with van der Waals surface area (Å²) in [6.45, 7) is 7.87. The second kappa shape index (κ2) is 6.59. The summed E-state index contributed by atoms with van der Waals surface area (Å²) in [5.74, 6) is -0.847. The van der Waals surface area contributed by atoms with E-state index in [9.17, 15) is 14.7 Å². The quantitative estimate of drug-likeness (QED) is 0.838. The Bertz CT molecular complexity index is 351. The van der Waals surface area contributed by atoms with Crippen LogP contribution >= 0.6 is 0 Å². The summed E-state index contributed by atoms with van der Waals surface area (Å²) in [5.41, 5.74) is -1.46. The first-order chi connectivity index (χ1) is 9.25. The van der Waals surface area contributed by atoms with Gasteiger partial charge in [-0.2, -0.15) is 0 Å². The van der Waals surface area contributed by atoms with Crippen molar-refractivity contribution < 1.29 is 14.7 Å². The Labute approximate surface area is 122 Å². The van der Waals surface area contributed by atoms with Gasteiger partial charge in [0.2, 0.25) is 5.91 Å². The van der Waals surface area contributed by atoms with Crippen molar-refractivity contribution in [3.8, 4) is 0 Å². The lowest BCUT2D eigenvalue weighted by molar-refractivity contribution is -0.169. The van der Waals surface area contributed by atoms with Crippen LogP contribution in [0.1, 0.15) is 79.1 Å². The number of nitrogens with zero attached hydrogens (tertiary/aromatic N) is 1. The van der Waals surface area contributed by atoms with Gasteiger partial charge in [-0.3, -0.25) is 4.79 Å². The number of amides is 1. The van der Waals surface area contributed by atoms with Crippen LogP contribution < -0.4 is 0 Å². The van der Waals surface area contributed by atoms with Gasteiger partial charge in [-0.15, -0.1) is 0 Å². The van der Waals surface area contributed by atoms with Crippen LogP contribution in [0, 0.1) is 0 Å². The van der Waals surface area contributed by atoms with Gasteiger partial charge in [0.1, 0.15) is 5.54 Å². The van der Waals surface area contributed by atoms with Crippen molar-refractivity contribution in [1.82, 2.24) is 4.90 Å². The largest absolute Gasteiger partial charge is 0.479 e. The van der Waals surface area contributed by atoms with E-state index in [1.54, 1.807) is 4.90 Å². The highest BCUT2D eigenvalue weighted by Crippen LogP contribution is 2.38. The fourth-order valence-electron chi connectivity index (χ4n) is 3.36. The molecule has 1 N–H and O–H groups in total. The fraction of sp³-hybridized carbons (Fsp3) is 0.875. The van der Waals surface area contributed by atoms with Crippen molar-refractivity contribution in [2.45, 2.75) is 90.1 Å². The Kier molecular flexibility index (Phi) is 5.60. The third-order valence-electron chi connectivity index (χ3n) is 4.17. The molecule has 4 nitrogen and oxygen atoms in total. The monoisotopic (exact) mass is 283 g/mol.